The first-order valence-electron chi connectivity index (χ1n) is 8.38. The van der Waals surface area contributed by atoms with Crippen LogP contribution in [0, 0.1) is 0 Å². The molecular weight excluding hydrogens is 270 g/mol. The fourth-order valence-corrected chi connectivity index (χ4v) is 3.22. The van der Waals surface area contributed by atoms with E-state index >= 15 is 0 Å². The zero-order valence-corrected chi connectivity index (χ0v) is 14.2. The van der Waals surface area contributed by atoms with Crippen LogP contribution in [0.5, 0.6) is 0 Å². The smallest absolute Gasteiger partial charge is 0.0968 e. The number of nitrogens with one attached hydrogen (secondary N) is 1. The molecule has 1 aromatic heterocycles. The number of hydrogen-bond acceptors (Lipinski definition) is 2. The van der Waals surface area contributed by atoms with Crippen molar-refractivity contribution in [1.29, 1.82) is 0 Å². The Labute approximate surface area is 133 Å². The van der Waals surface area contributed by atoms with Crippen LogP contribution in [0.3, 0.4) is 0 Å². The van der Waals surface area contributed by atoms with Crippen LogP contribution in [0.25, 0.3) is 11.3 Å². The lowest BCUT2D eigenvalue weighted by molar-refractivity contribution is 0.254. The maximum Gasteiger partial charge on any atom is 0.0968 e. The van der Waals surface area contributed by atoms with Crippen LogP contribution in [0.4, 0.5) is 0 Å². The van der Waals surface area contributed by atoms with Crippen LogP contribution in [0.2, 0.25) is 0 Å². The van der Waals surface area contributed by atoms with Gasteiger partial charge in [0.25, 0.3) is 0 Å². The molecule has 1 aromatic carbocycles. The summed E-state index contributed by atoms with van der Waals surface area (Å²) >= 11 is 0. The zero-order valence-electron chi connectivity index (χ0n) is 14.2. The van der Waals surface area contributed by atoms with E-state index in [1.807, 2.05) is 0 Å². The Morgan fingerprint density at radius 1 is 1.18 bits per heavy atom. The van der Waals surface area contributed by atoms with Crippen LogP contribution < -0.4 is 0 Å². The molecule has 3 nitrogen and oxygen atoms in total. The summed E-state index contributed by atoms with van der Waals surface area (Å²) in [6.45, 7) is 12.3. The van der Waals surface area contributed by atoms with Gasteiger partial charge in [-0.25, -0.2) is 0 Å². The monoisotopic (exact) mass is 297 g/mol. The van der Waals surface area contributed by atoms with Gasteiger partial charge in [0.2, 0.25) is 0 Å². The van der Waals surface area contributed by atoms with Crippen molar-refractivity contribution in [3.63, 3.8) is 0 Å². The van der Waals surface area contributed by atoms with E-state index in [2.05, 4.69) is 67.1 Å². The van der Waals surface area contributed by atoms with Crippen LogP contribution in [0.15, 0.2) is 24.3 Å². The van der Waals surface area contributed by atoms with Crippen molar-refractivity contribution in [3.8, 4) is 11.3 Å². The Balaban J connectivity index is 1.89. The molecule has 0 bridgehead atoms. The van der Waals surface area contributed by atoms with Gasteiger partial charge < -0.3 is 0 Å². The quantitative estimate of drug-likeness (QED) is 0.923. The number of hydrogen-bond donors (Lipinski definition) is 1. The molecule has 118 valence electrons. The van der Waals surface area contributed by atoms with Crippen molar-refractivity contribution in [2.75, 3.05) is 13.1 Å². The van der Waals surface area contributed by atoms with Crippen molar-refractivity contribution >= 4 is 0 Å². The SMILES string of the molecule is CCCN1CCc2[nH]nc(-c3ccc(C(C)(C)C)cc3)c2C1. The predicted octanol–water partition coefficient (Wildman–Crippen LogP) is 4.14. The molecule has 0 unspecified atom stereocenters. The minimum atomic E-state index is 0.196. The molecular formula is C19H27N3. The summed E-state index contributed by atoms with van der Waals surface area (Å²) in [4.78, 5) is 2.53. The number of nitrogens with zero attached hydrogens (tertiary/aromatic N) is 2. The Morgan fingerprint density at radius 3 is 2.55 bits per heavy atom. The van der Waals surface area contributed by atoms with E-state index in [1.165, 1.54) is 35.3 Å². The van der Waals surface area contributed by atoms with Gasteiger partial charge in [0.1, 0.15) is 0 Å². The average molecular weight is 297 g/mol. The summed E-state index contributed by atoms with van der Waals surface area (Å²) in [6.07, 6.45) is 2.30. The zero-order chi connectivity index (χ0) is 15.7. The number of aromatic amines is 1. The molecule has 3 heteroatoms. The van der Waals surface area contributed by atoms with E-state index in [1.54, 1.807) is 0 Å². The standard InChI is InChI=1S/C19H27N3/c1-5-11-22-12-10-17-16(13-22)18(21-20-17)14-6-8-15(9-7-14)19(2,3)4/h6-9H,5,10-13H2,1-4H3,(H,20,21). The maximum atomic E-state index is 4.60. The minimum absolute atomic E-state index is 0.196. The molecule has 0 radical (unpaired) electrons. The van der Waals surface area contributed by atoms with Gasteiger partial charge >= 0.3 is 0 Å². The summed E-state index contributed by atoms with van der Waals surface area (Å²) in [7, 11) is 0. The molecule has 0 spiro atoms. The van der Waals surface area contributed by atoms with E-state index in [-0.39, 0.29) is 5.41 Å². The lowest BCUT2D eigenvalue weighted by Gasteiger charge is -2.26. The van der Waals surface area contributed by atoms with Crippen LogP contribution >= 0.6 is 0 Å². The lowest BCUT2D eigenvalue weighted by Crippen LogP contribution is -2.31. The number of aromatic nitrogens is 2. The van der Waals surface area contributed by atoms with E-state index in [0.29, 0.717) is 0 Å². The van der Waals surface area contributed by atoms with Gasteiger partial charge in [0, 0.05) is 36.3 Å². The molecule has 22 heavy (non-hydrogen) atoms. The highest BCUT2D eigenvalue weighted by molar-refractivity contribution is 5.64. The van der Waals surface area contributed by atoms with Crippen molar-refractivity contribution in [3.05, 3.63) is 41.1 Å². The highest BCUT2D eigenvalue weighted by Gasteiger charge is 2.22. The fraction of sp³-hybridized carbons (Fsp3) is 0.526. The first-order valence-corrected chi connectivity index (χ1v) is 8.38. The largest absolute Gasteiger partial charge is 0.299 e. The van der Waals surface area contributed by atoms with Crippen LogP contribution in [-0.4, -0.2) is 28.2 Å². The van der Waals surface area contributed by atoms with Crippen LogP contribution in [0.1, 0.15) is 50.9 Å². The molecule has 0 atom stereocenters. The van der Waals surface area contributed by atoms with Gasteiger partial charge in [0.05, 0.1) is 5.69 Å². The second kappa shape index (κ2) is 5.88. The fourth-order valence-electron chi connectivity index (χ4n) is 3.22. The maximum absolute atomic E-state index is 4.60. The molecule has 0 fully saturated rings. The normalized spacial score (nSPS) is 15.8. The highest BCUT2D eigenvalue weighted by atomic mass is 15.2. The van der Waals surface area contributed by atoms with Crippen molar-refractivity contribution in [2.24, 2.45) is 0 Å². The highest BCUT2D eigenvalue weighted by Crippen LogP contribution is 2.30. The van der Waals surface area contributed by atoms with E-state index in [9.17, 15) is 0 Å². The number of rotatable bonds is 3. The topological polar surface area (TPSA) is 31.9 Å². The number of fused-ring (bicyclic) bond motifs is 1. The molecule has 0 saturated carbocycles. The molecule has 2 aromatic rings. The number of H-pyrrole nitrogens is 1. The summed E-state index contributed by atoms with van der Waals surface area (Å²) in [5.41, 5.74) is 6.64. The second-order valence-corrected chi connectivity index (χ2v) is 7.38. The molecule has 1 aliphatic heterocycles. The summed E-state index contributed by atoms with van der Waals surface area (Å²) in [5.74, 6) is 0. The van der Waals surface area contributed by atoms with Gasteiger partial charge in [-0.15, -0.1) is 0 Å². The molecule has 3 rings (SSSR count). The Hall–Kier alpha value is -1.61. The second-order valence-electron chi connectivity index (χ2n) is 7.38. The van der Waals surface area contributed by atoms with Crippen LogP contribution in [-0.2, 0) is 18.4 Å². The third-order valence-electron chi connectivity index (χ3n) is 4.58. The third-order valence-corrected chi connectivity index (χ3v) is 4.58. The summed E-state index contributed by atoms with van der Waals surface area (Å²) in [5, 5.41) is 7.86. The lowest BCUT2D eigenvalue weighted by atomic mass is 9.86. The van der Waals surface area contributed by atoms with Crippen molar-refractivity contribution in [1.82, 2.24) is 15.1 Å². The van der Waals surface area contributed by atoms with Gasteiger partial charge in [-0.05, 0) is 23.9 Å². The molecule has 0 saturated heterocycles. The molecule has 0 aliphatic carbocycles. The minimum Gasteiger partial charge on any atom is -0.299 e. The van der Waals surface area contributed by atoms with Gasteiger partial charge in [-0.2, -0.15) is 5.10 Å². The first-order chi connectivity index (χ1) is 10.5. The third kappa shape index (κ3) is 2.95. The van der Waals surface area contributed by atoms with Gasteiger partial charge in [-0.3, -0.25) is 10.00 Å². The molecule has 0 amide bonds. The van der Waals surface area contributed by atoms with Gasteiger partial charge in [-0.1, -0.05) is 52.0 Å². The van der Waals surface area contributed by atoms with E-state index < -0.39 is 0 Å². The first kappa shape index (κ1) is 15.3. The summed E-state index contributed by atoms with van der Waals surface area (Å²) in [6, 6.07) is 8.91. The predicted molar refractivity (Wildman–Crippen MR) is 92.0 cm³/mol. The number of benzene rings is 1. The molecule has 2 heterocycles. The molecule has 1 N–H and O–H groups in total. The average Bonchev–Trinajstić information content (AvgIpc) is 2.90. The summed E-state index contributed by atoms with van der Waals surface area (Å²) < 4.78 is 0. The Morgan fingerprint density at radius 2 is 1.91 bits per heavy atom. The Bertz CT molecular complexity index is 632. The van der Waals surface area contributed by atoms with Crippen molar-refractivity contribution < 1.29 is 0 Å². The van der Waals surface area contributed by atoms with E-state index in [4.69, 9.17) is 0 Å². The molecule has 1 aliphatic rings. The van der Waals surface area contributed by atoms with Crippen molar-refractivity contribution in [2.45, 2.75) is 52.5 Å². The Kier molecular flexibility index (Phi) is 4.09. The van der Waals surface area contributed by atoms with E-state index in [0.717, 1.165) is 25.2 Å². The van der Waals surface area contributed by atoms with Gasteiger partial charge in [0.15, 0.2) is 0 Å².